The molecule has 0 bridgehead atoms. The summed E-state index contributed by atoms with van der Waals surface area (Å²) in [6.07, 6.45) is 3.57. The van der Waals surface area contributed by atoms with Gasteiger partial charge in [-0.25, -0.2) is 4.98 Å². The number of pyridine rings is 1. The summed E-state index contributed by atoms with van der Waals surface area (Å²) in [4.78, 5) is 18.5. The Morgan fingerprint density at radius 1 is 1.39 bits per heavy atom. The summed E-state index contributed by atoms with van der Waals surface area (Å²) in [6.45, 7) is 5.49. The van der Waals surface area contributed by atoms with Gasteiger partial charge in [0.05, 0.1) is 13.2 Å². The second-order valence-electron chi connectivity index (χ2n) is 5.40. The molecule has 0 radical (unpaired) electrons. The molecule has 2 aliphatic rings. The third-order valence-electron chi connectivity index (χ3n) is 3.75. The highest BCUT2D eigenvalue weighted by molar-refractivity contribution is 6.01. The van der Waals surface area contributed by atoms with Gasteiger partial charge in [-0.05, 0) is 30.4 Å². The number of ether oxygens (including phenoxy) is 1. The summed E-state index contributed by atoms with van der Waals surface area (Å²) in [5.41, 5.74) is 0.692. The molecular weight excluding hydrogens is 228 g/mol. The lowest BCUT2D eigenvalue weighted by Crippen LogP contribution is -2.49. The first kappa shape index (κ1) is 11.7. The number of aromatic nitrogens is 1. The van der Waals surface area contributed by atoms with Crippen molar-refractivity contribution in [2.75, 3.05) is 18.1 Å². The van der Waals surface area contributed by atoms with Crippen molar-refractivity contribution in [3.8, 4) is 0 Å². The van der Waals surface area contributed by atoms with E-state index >= 15 is 0 Å². The zero-order valence-electron chi connectivity index (χ0n) is 10.8. The Balaban J connectivity index is 1.83. The van der Waals surface area contributed by atoms with Crippen LogP contribution in [0.1, 0.15) is 38.2 Å². The summed E-state index contributed by atoms with van der Waals surface area (Å²) < 4.78 is 5.58. The Morgan fingerprint density at radius 3 is 2.72 bits per heavy atom. The van der Waals surface area contributed by atoms with Crippen LogP contribution < -0.4 is 4.90 Å². The number of carbonyl (C=O) groups excluding carboxylic acids is 1. The lowest BCUT2D eigenvalue weighted by molar-refractivity contribution is -0.137. The average molecular weight is 246 g/mol. The third kappa shape index (κ3) is 1.81. The van der Waals surface area contributed by atoms with Crippen molar-refractivity contribution < 1.29 is 9.53 Å². The minimum atomic E-state index is -0.503. The predicted octanol–water partition coefficient (Wildman–Crippen LogP) is 2.10. The van der Waals surface area contributed by atoms with Gasteiger partial charge < -0.3 is 4.74 Å². The van der Waals surface area contributed by atoms with Crippen molar-refractivity contribution in [2.45, 2.75) is 38.2 Å². The molecule has 96 valence electrons. The number of nitrogens with zero attached hydrogens (tertiary/aromatic N) is 2. The highest BCUT2D eigenvalue weighted by Crippen LogP contribution is 2.43. The molecule has 3 rings (SSSR count). The van der Waals surface area contributed by atoms with E-state index in [2.05, 4.69) is 24.9 Å². The first-order valence-electron chi connectivity index (χ1n) is 6.54. The molecule has 1 amide bonds. The number of morpholine rings is 1. The smallest absolute Gasteiger partial charge is 0.260 e. The number of rotatable bonds is 2. The van der Waals surface area contributed by atoms with Crippen LogP contribution in [0.4, 0.5) is 5.82 Å². The van der Waals surface area contributed by atoms with Gasteiger partial charge >= 0.3 is 0 Å². The Hall–Kier alpha value is -1.42. The second kappa shape index (κ2) is 4.05. The van der Waals surface area contributed by atoms with Crippen LogP contribution in [0.3, 0.4) is 0 Å². The fraction of sp³-hybridized carbons (Fsp3) is 0.571. The lowest BCUT2D eigenvalue weighted by atomic mass is 10.1. The monoisotopic (exact) mass is 246 g/mol. The zero-order chi connectivity index (χ0) is 12.8. The van der Waals surface area contributed by atoms with Crippen LogP contribution in [-0.2, 0) is 9.53 Å². The molecule has 1 saturated heterocycles. The second-order valence-corrected chi connectivity index (χ2v) is 5.40. The topological polar surface area (TPSA) is 42.4 Å². The molecule has 0 N–H and O–H groups in total. The van der Waals surface area contributed by atoms with Gasteiger partial charge in [0.25, 0.3) is 5.91 Å². The van der Waals surface area contributed by atoms with Gasteiger partial charge in [-0.2, -0.15) is 0 Å². The van der Waals surface area contributed by atoms with E-state index in [1.807, 2.05) is 12.3 Å². The molecule has 1 saturated carbocycles. The van der Waals surface area contributed by atoms with E-state index in [4.69, 9.17) is 4.74 Å². The molecule has 4 nitrogen and oxygen atoms in total. The maximum atomic E-state index is 12.3. The van der Waals surface area contributed by atoms with Crippen molar-refractivity contribution in [2.24, 2.45) is 0 Å². The SMILES string of the molecule is CC(C)c1ccc(N2CCOC3(CC3)C2=O)nc1. The van der Waals surface area contributed by atoms with E-state index in [0.29, 0.717) is 19.1 Å². The maximum absolute atomic E-state index is 12.3. The Kier molecular flexibility index (Phi) is 2.63. The minimum absolute atomic E-state index is 0.0820. The quantitative estimate of drug-likeness (QED) is 0.802. The summed E-state index contributed by atoms with van der Waals surface area (Å²) >= 11 is 0. The normalized spacial score (nSPS) is 21.7. The van der Waals surface area contributed by atoms with Gasteiger partial charge in [-0.3, -0.25) is 9.69 Å². The Labute approximate surface area is 107 Å². The summed E-state index contributed by atoms with van der Waals surface area (Å²) in [5.74, 6) is 1.29. The molecule has 0 aromatic carbocycles. The van der Waals surface area contributed by atoms with Crippen LogP contribution in [0.25, 0.3) is 0 Å². The van der Waals surface area contributed by atoms with E-state index in [0.717, 1.165) is 18.7 Å². The van der Waals surface area contributed by atoms with E-state index in [-0.39, 0.29) is 5.91 Å². The van der Waals surface area contributed by atoms with Gasteiger partial charge in [0, 0.05) is 6.20 Å². The number of anilines is 1. The standard InChI is InChI=1S/C14H18N2O2/c1-10(2)11-3-4-12(15-9-11)16-7-8-18-14(5-6-14)13(16)17/h3-4,9-10H,5-8H2,1-2H3. The van der Waals surface area contributed by atoms with Crippen LogP contribution in [0, 0.1) is 0 Å². The van der Waals surface area contributed by atoms with Crippen molar-refractivity contribution in [3.63, 3.8) is 0 Å². The molecule has 1 aromatic rings. The molecule has 0 unspecified atom stereocenters. The predicted molar refractivity (Wildman–Crippen MR) is 68.6 cm³/mol. The van der Waals surface area contributed by atoms with Crippen molar-refractivity contribution >= 4 is 11.7 Å². The van der Waals surface area contributed by atoms with Crippen molar-refractivity contribution in [1.82, 2.24) is 4.98 Å². The van der Waals surface area contributed by atoms with Gasteiger partial charge in [0.15, 0.2) is 0 Å². The molecule has 2 heterocycles. The van der Waals surface area contributed by atoms with E-state index in [1.165, 1.54) is 5.56 Å². The highest BCUT2D eigenvalue weighted by Gasteiger charge is 2.55. The van der Waals surface area contributed by atoms with Gasteiger partial charge in [0.2, 0.25) is 0 Å². The third-order valence-corrected chi connectivity index (χ3v) is 3.75. The van der Waals surface area contributed by atoms with Crippen LogP contribution in [0.15, 0.2) is 18.3 Å². The fourth-order valence-electron chi connectivity index (χ4n) is 2.33. The number of hydrogen-bond donors (Lipinski definition) is 0. The minimum Gasteiger partial charge on any atom is -0.363 e. The summed E-state index contributed by atoms with van der Waals surface area (Å²) in [6, 6.07) is 3.99. The molecule has 1 aliphatic heterocycles. The largest absolute Gasteiger partial charge is 0.363 e. The summed E-state index contributed by atoms with van der Waals surface area (Å²) in [5, 5.41) is 0. The molecule has 0 atom stereocenters. The van der Waals surface area contributed by atoms with E-state index in [9.17, 15) is 4.79 Å². The van der Waals surface area contributed by atoms with Gasteiger partial charge in [-0.15, -0.1) is 0 Å². The van der Waals surface area contributed by atoms with Gasteiger partial charge in [0.1, 0.15) is 11.4 Å². The van der Waals surface area contributed by atoms with Gasteiger partial charge in [-0.1, -0.05) is 19.9 Å². The highest BCUT2D eigenvalue weighted by atomic mass is 16.5. The molecular formula is C14H18N2O2. The molecule has 1 aromatic heterocycles. The Bertz CT molecular complexity index is 463. The van der Waals surface area contributed by atoms with Crippen molar-refractivity contribution in [3.05, 3.63) is 23.9 Å². The van der Waals surface area contributed by atoms with Crippen LogP contribution in [0.5, 0.6) is 0 Å². The maximum Gasteiger partial charge on any atom is 0.260 e. The lowest BCUT2D eigenvalue weighted by Gasteiger charge is -2.31. The van der Waals surface area contributed by atoms with Crippen molar-refractivity contribution in [1.29, 1.82) is 0 Å². The van der Waals surface area contributed by atoms with E-state index in [1.54, 1.807) is 4.90 Å². The van der Waals surface area contributed by atoms with Crippen LogP contribution >= 0.6 is 0 Å². The molecule has 18 heavy (non-hydrogen) atoms. The fourth-order valence-corrected chi connectivity index (χ4v) is 2.33. The first-order valence-corrected chi connectivity index (χ1v) is 6.54. The Morgan fingerprint density at radius 2 is 2.17 bits per heavy atom. The van der Waals surface area contributed by atoms with E-state index < -0.39 is 5.60 Å². The molecule has 2 fully saturated rings. The number of carbonyl (C=O) groups is 1. The zero-order valence-corrected chi connectivity index (χ0v) is 10.8. The number of amides is 1. The van der Waals surface area contributed by atoms with Crippen LogP contribution in [0.2, 0.25) is 0 Å². The average Bonchev–Trinajstić information content (AvgIpc) is 3.14. The summed E-state index contributed by atoms with van der Waals surface area (Å²) in [7, 11) is 0. The number of hydrogen-bond acceptors (Lipinski definition) is 3. The molecule has 1 aliphatic carbocycles. The molecule has 1 spiro atoms. The first-order chi connectivity index (χ1) is 8.62. The van der Waals surface area contributed by atoms with Crippen LogP contribution in [-0.4, -0.2) is 29.6 Å². The molecule has 4 heteroatoms.